The van der Waals surface area contributed by atoms with Crippen molar-refractivity contribution in [2.24, 2.45) is 0 Å². The quantitative estimate of drug-likeness (QED) is 0.365. The van der Waals surface area contributed by atoms with Crippen molar-refractivity contribution in [3.63, 3.8) is 0 Å². The summed E-state index contributed by atoms with van der Waals surface area (Å²) in [5.41, 5.74) is 3.89. The van der Waals surface area contributed by atoms with Gasteiger partial charge in [0.2, 0.25) is 0 Å². The third-order valence-corrected chi connectivity index (χ3v) is 5.88. The number of H-pyrrole nitrogens is 1. The lowest BCUT2D eigenvalue weighted by molar-refractivity contribution is 1.02. The molecule has 3 rings (SSSR count). The van der Waals surface area contributed by atoms with Crippen LogP contribution in [0.15, 0.2) is 39.3 Å². The second-order valence-corrected chi connectivity index (χ2v) is 8.29. The van der Waals surface area contributed by atoms with Crippen LogP contribution in [0.3, 0.4) is 0 Å². The minimum atomic E-state index is 0.372. The number of aromatic nitrogens is 2. The van der Waals surface area contributed by atoms with Crippen LogP contribution in [-0.2, 0) is 6.42 Å². The number of imidazole rings is 1. The Morgan fingerprint density at radius 2 is 1.71 bits per heavy atom. The summed E-state index contributed by atoms with van der Waals surface area (Å²) in [5, 5.41) is 1.26. The molecule has 2 aromatic carbocycles. The summed E-state index contributed by atoms with van der Waals surface area (Å²) in [6.45, 7) is 2.00. The van der Waals surface area contributed by atoms with Gasteiger partial charge in [0, 0.05) is 26.6 Å². The largest absolute Gasteiger partial charge is 0.345 e. The first kappa shape index (κ1) is 18.3. The maximum atomic E-state index is 6.10. The van der Waals surface area contributed by atoms with Gasteiger partial charge in [-0.25, -0.2) is 4.98 Å². The fourth-order valence-electron chi connectivity index (χ4n) is 2.45. The molecule has 0 aliphatic heterocycles. The zero-order valence-corrected chi connectivity index (χ0v) is 17.9. The Balaban J connectivity index is 1.95. The summed E-state index contributed by atoms with van der Waals surface area (Å²) in [4.78, 5) is 8.05. The third-order valence-electron chi connectivity index (χ3n) is 3.54. The molecule has 1 N–H and O–H groups in total. The van der Waals surface area contributed by atoms with E-state index < -0.39 is 0 Å². The molecule has 0 fully saturated rings. The van der Waals surface area contributed by atoms with E-state index in [1.807, 2.05) is 37.3 Å². The molecular formula is C17H11Br2Cl3N2. The van der Waals surface area contributed by atoms with Gasteiger partial charge in [-0.2, -0.15) is 0 Å². The molecule has 2 nitrogen and oxygen atoms in total. The van der Waals surface area contributed by atoms with Crippen molar-refractivity contribution in [2.45, 2.75) is 13.3 Å². The number of aryl methyl sites for hydroxylation is 1. The van der Waals surface area contributed by atoms with Crippen LogP contribution in [0.5, 0.6) is 0 Å². The summed E-state index contributed by atoms with van der Waals surface area (Å²) in [7, 11) is 0. The number of aromatic amines is 1. The number of nitrogens with one attached hydrogen (secondary N) is 1. The SMILES string of the molecule is Cc1[nH]c(Cc2cc(Cl)c(Cl)c(Cl)c2)nc1-c1ccc(Br)cc1Br. The molecule has 0 radical (unpaired) electrons. The van der Waals surface area contributed by atoms with Gasteiger partial charge in [-0.15, -0.1) is 0 Å². The van der Waals surface area contributed by atoms with Crippen LogP contribution in [0, 0.1) is 6.92 Å². The van der Waals surface area contributed by atoms with E-state index in [9.17, 15) is 0 Å². The number of hydrogen-bond donors (Lipinski definition) is 1. The number of nitrogens with zero attached hydrogens (tertiary/aromatic N) is 1. The van der Waals surface area contributed by atoms with Gasteiger partial charge in [0.05, 0.1) is 20.8 Å². The van der Waals surface area contributed by atoms with Crippen LogP contribution < -0.4 is 0 Å². The van der Waals surface area contributed by atoms with Crippen molar-refractivity contribution >= 4 is 66.7 Å². The average molecular weight is 509 g/mol. The Hall–Kier alpha value is -0.520. The highest BCUT2D eigenvalue weighted by Gasteiger charge is 2.14. The standard InChI is InChI=1S/C17H11Br2Cl3N2/c1-8-17(11-3-2-10(18)7-12(11)19)24-15(23-8)6-9-4-13(20)16(22)14(21)5-9/h2-5,7H,6H2,1H3,(H,23,24). The van der Waals surface area contributed by atoms with Crippen molar-refractivity contribution in [1.82, 2.24) is 9.97 Å². The molecule has 124 valence electrons. The first-order chi connectivity index (χ1) is 11.3. The Morgan fingerprint density at radius 1 is 1.04 bits per heavy atom. The van der Waals surface area contributed by atoms with E-state index in [1.165, 1.54) is 0 Å². The van der Waals surface area contributed by atoms with Crippen molar-refractivity contribution in [3.8, 4) is 11.3 Å². The van der Waals surface area contributed by atoms with Crippen LogP contribution >= 0.6 is 66.7 Å². The molecule has 0 bridgehead atoms. The molecule has 1 heterocycles. The smallest absolute Gasteiger partial charge is 0.111 e. The molecule has 1 aromatic heterocycles. The van der Waals surface area contributed by atoms with Crippen LogP contribution in [0.4, 0.5) is 0 Å². The van der Waals surface area contributed by atoms with Crippen LogP contribution in [0.25, 0.3) is 11.3 Å². The van der Waals surface area contributed by atoms with E-state index >= 15 is 0 Å². The van der Waals surface area contributed by atoms with Gasteiger partial charge in [-0.05, 0) is 36.8 Å². The predicted molar refractivity (Wildman–Crippen MR) is 108 cm³/mol. The van der Waals surface area contributed by atoms with E-state index in [1.54, 1.807) is 0 Å². The van der Waals surface area contributed by atoms with Gasteiger partial charge in [0.25, 0.3) is 0 Å². The fourth-order valence-corrected chi connectivity index (χ4v) is 4.33. The first-order valence-corrected chi connectivity index (χ1v) is 9.71. The third kappa shape index (κ3) is 3.83. The number of halogens is 5. The molecular weight excluding hydrogens is 498 g/mol. The van der Waals surface area contributed by atoms with E-state index in [0.29, 0.717) is 21.5 Å². The summed E-state index contributed by atoms with van der Waals surface area (Å²) in [5.74, 6) is 0.840. The first-order valence-electron chi connectivity index (χ1n) is 6.99. The lowest BCUT2D eigenvalue weighted by atomic mass is 10.1. The summed E-state index contributed by atoms with van der Waals surface area (Å²) < 4.78 is 1.99. The summed E-state index contributed by atoms with van der Waals surface area (Å²) in [6, 6.07) is 9.64. The molecule has 7 heteroatoms. The summed E-state index contributed by atoms with van der Waals surface area (Å²) in [6.07, 6.45) is 0.589. The molecule has 24 heavy (non-hydrogen) atoms. The highest BCUT2D eigenvalue weighted by Crippen LogP contribution is 2.33. The molecule has 0 amide bonds. The molecule has 0 aliphatic rings. The zero-order valence-electron chi connectivity index (χ0n) is 12.4. The zero-order chi connectivity index (χ0) is 17.4. The normalized spacial score (nSPS) is 11.1. The molecule has 0 saturated heterocycles. The van der Waals surface area contributed by atoms with Gasteiger partial charge in [0.1, 0.15) is 5.82 Å². The van der Waals surface area contributed by atoms with Crippen molar-refractivity contribution in [1.29, 1.82) is 0 Å². The van der Waals surface area contributed by atoms with Crippen molar-refractivity contribution in [3.05, 3.63) is 71.4 Å². The predicted octanol–water partition coefficient (Wildman–Crippen LogP) is 7.46. The van der Waals surface area contributed by atoms with Crippen LogP contribution in [0.1, 0.15) is 17.1 Å². The second-order valence-electron chi connectivity index (χ2n) is 5.33. The molecule has 0 atom stereocenters. The van der Waals surface area contributed by atoms with Gasteiger partial charge in [-0.1, -0.05) is 72.7 Å². The van der Waals surface area contributed by atoms with E-state index in [-0.39, 0.29) is 0 Å². The lowest BCUT2D eigenvalue weighted by Crippen LogP contribution is -1.92. The van der Waals surface area contributed by atoms with Gasteiger partial charge in [0.15, 0.2) is 0 Å². The fraction of sp³-hybridized carbons (Fsp3) is 0.118. The highest BCUT2D eigenvalue weighted by atomic mass is 79.9. The Morgan fingerprint density at radius 3 is 2.33 bits per heavy atom. The van der Waals surface area contributed by atoms with Crippen LogP contribution in [0.2, 0.25) is 15.1 Å². The van der Waals surface area contributed by atoms with E-state index in [4.69, 9.17) is 39.8 Å². The van der Waals surface area contributed by atoms with Gasteiger partial charge < -0.3 is 4.98 Å². The minimum Gasteiger partial charge on any atom is -0.345 e. The van der Waals surface area contributed by atoms with Gasteiger partial charge >= 0.3 is 0 Å². The van der Waals surface area contributed by atoms with Crippen LogP contribution in [-0.4, -0.2) is 9.97 Å². The molecule has 3 aromatic rings. The second kappa shape index (κ2) is 7.38. The Kier molecular flexibility index (Phi) is 5.62. The monoisotopic (exact) mass is 506 g/mol. The number of benzene rings is 2. The highest BCUT2D eigenvalue weighted by molar-refractivity contribution is 9.11. The topological polar surface area (TPSA) is 28.7 Å². The summed E-state index contributed by atoms with van der Waals surface area (Å²) >= 11 is 25.2. The minimum absolute atomic E-state index is 0.372. The lowest BCUT2D eigenvalue weighted by Gasteiger charge is -2.04. The Bertz CT molecular complexity index is 899. The maximum absolute atomic E-state index is 6.10. The average Bonchev–Trinajstić information content (AvgIpc) is 2.85. The van der Waals surface area contributed by atoms with Crippen molar-refractivity contribution in [2.75, 3.05) is 0 Å². The van der Waals surface area contributed by atoms with Crippen molar-refractivity contribution < 1.29 is 0 Å². The molecule has 0 saturated carbocycles. The van der Waals surface area contributed by atoms with E-state index in [2.05, 4.69) is 36.8 Å². The molecule has 0 aliphatic carbocycles. The Labute approximate surface area is 171 Å². The van der Waals surface area contributed by atoms with Gasteiger partial charge in [-0.3, -0.25) is 0 Å². The molecule has 0 unspecified atom stereocenters. The van der Waals surface area contributed by atoms with E-state index in [0.717, 1.165) is 37.3 Å². The number of hydrogen-bond acceptors (Lipinski definition) is 1. The number of rotatable bonds is 3. The molecule has 0 spiro atoms. The maximum Gasteiger partial charge on any atom is 0.111 e.